The molecule has 0 fully saturated rings. The first kappa shape index (κ1) is 12.6. The van der Waals surface area contributed by atoms with Crippen LogP contribution in [-0.4, -0.2) is 17.4 Å². The summed E-state index contributed by atoms with van der Waals surface area (Å²) in [7, 11) is 0. The number of para-hydroxylation sites is 1. The number of fused-ring (bicyclic) bond motifs is 1. The van der Waals surface area contributed by atoms with Gasteiger partial charge in [0, 0.05) is 30.2 Å². The number of carbonyl (C=O) groups excluding carboxylic acids is 1. The van der Waals surface area contributed by atoms with E-state index in [9.17, 15) is 4.79 Å². The van der Waals surface area contributed by atoms with Gasteiger partial charge in [0.15, 0.2) is 0 Å². The molecule has 3 nitrogen and oxygen atoms in total. The Balaban J connectivity index is 0.00000120. The molecular weight excluding hydrogens is 248 g/mol. The van der Waals surface area contributed by atoms with Crippen LogP contribution in [0.1, 0.15) is 15.9 Å². The molecule has 1 amide bonds. The van der Waals surface area contributed by atoms with E-state index in [1.165, 1.54) is 5.56 Å². The average Bonchev–Trinajstić information content (AvgIpc) is 2.83. The second kappa shape index (κ2) is 5.19. The number of rotatable bonds is 1. The summed E-state index contributed by atoms with van der Waals surface area (Å²) in [5.41, 5.74) is 2.97. The van der Waals surface area contributed by atoms with E-state index in [4.69, 9.17) is 0 Å². The van der Waals surface area contributed by atoms with E-state index >= 15 is 0 Å². The standard InChI is InChI=1S/C14H12N2O.ClH/c17-14(12-5-8-15-9-6-12)16-10-7-11-3-1-2-4-13(11)16;/h1-6,8-9H,7,10H2;1H. The van der Waals surface area contributed by atoms with E-state index in [0.29, 0.717) is 5.56 Å². The molecule has 1 aromatic carbocycles. The van der Waals surface area contributed by atoms with E-state index in [-0.39, 0.29) is 18.3 Å². The van der Waals surface area contributed by atoms with Gasteiger partial charge in [-0.05, 0) is 30.2 Å². The molecule has 0 atom stereocenters. The molecule has 2 heterocycles. The summed E-state index contributed by atoms with van der Waals surface area (Å²) < 4.78 is 0. The van der Waals surface area contributed by atoms with Crippen molar-refractivity contribution in [1.82, 2.24) is 4.98 Å². The fourth-order valence-electron chi connectivity index (χ4n) is 2.20. The highest BCUT2D eigenvalue weighted by molar-refractivity contribution is 6.07. The predicted octanol–water partition coefficient (Wildman–Crippen LogP) is 2.71. The Bertz CT molecular complexity index is 557. The summed E-state index contributed by atoms with van der Waals surface area (Å²) in [6.07, 6.45) is 4.23. The fourth-order valence-corrected chi connectivity index (χ4v) is 2.20. The lowest BCUT2D eigenvalue weighted by Crippen LogP contribution is -2.28. The van der Waals surface area contributed by atoms with Gasteiger partial charge in [0.05, 0.1) is 0 Å². The SMILES string of the molecule is Cl.O=C(c1ccncc1)N1CCc2ccccc21. The maximum Gasteiger partial charge on any atom is 0.258 e. The van der Waals surface area contributed by atoms with Crippen LogP contribution >= 0.6 is 12.4 Å². The third-order valence-corrected chi connectivity index (χ3v) is 3.06. The zero-order valence-corrected chi connectivity index (χ0v) is 10.6. The number of amides is 1. The maximum atomic E-state index is 12.3. The van der Waals surface area contributed by atoms with Gasteiger partial charge in [-0.1, -0.05) is 18.2 Å². The molecule has 3 rings (SSSR count). The van der Waals surface area contributed by atoms with Gasteiger partial charge in [0.25, 0.3) is 5.91 Å². The van der Waals surface area contributed by atoms with Crippen LogP contribution in [0.5, 0.6) is 0 Å². The van der Waals surface area contributed by atoms with E-state index < -0.39 is 0 Å². The smallest absolute Gasteiger partial charge is 0.258 e. The molecule has 0 unspecified atom stereocenters. The van der Waals surface area contributed by atoms with Crippen molar-refractivity contribution in [2.24, 2.45) is 0 Å². The van der Waals surface area contributed by atoms with Gasteiger partial charge in [-0.25, -0.2) is 0 Å². The summed E-state index contributed by atoms with van der Waals surface area (Å²) >= 11 is 0. The predicted molar refractivity (Wildman–Crippen MR) is 73.3 cm³/mol. The van der Waals surface area contributed by atoms with Gasteiger partial charge >= 0.3 is 0 Å². The Labute approximate surface area is 112 Å². The third-order valence-electron chi connectivity index (χ3n) is 3.06. The van der Waals surface area contributed by atoms with Crippen molar-refractivity contribution in [3.8, 4) is 0 Å². The molecule has 92 valence electrons. The lowest BCUT2D eigenvalue weighted by atomic mass is 10.2. The van der Waals surface area contributed by atoms with E-state index in [0.717, 1.165) is 18.7 Å². The maximum absolute atomic E-state index is 12.3. The van der Waals surface area contributed by atoms with Crippen LogP contribution in [0.2, 0.25) is 0 Å². The molecule has 18 heavy (non-hydrogen) atoms. The Kier molecular flexibility index (Phi) is 3.63. The molecule has 1 aliphatic rings. The highest BCUT2D eigenvalue weighted by Crippen LogP contribution is 2.28. The number of benzene rings is 1. The summed E-state index contributed by atoms with van der Waals surface area (Å²) in [6.45, 7) is 0.764. The summed E-state index contributed by atoms with van der Waals surface area (Å²) in [6, 6.07) is 11.6. The van der Waals surface area contributed by atoms with Gasteiger partial charge in [0.1, 0.15) is 0 Å². The van der Waals surface area contributed by atoms with Crippen molar-refractivity contribution in [1.29, 1.82) is 0 Å². The molecule has 1 aromatic heterocycles. The number of hydrogen-bond acceptors (Lipinski definition) is 2. The quantitative estimate of drug-likeness (QED) is 0.790. The van der Waals surface area contributed by atoms with E-state index in [1.807, 2.05) is 23.1 Å². The summed E-state index contributed by atoms with van der Waals surface area (Å²) in [5.74, 6) is 0.0531. The largest absolute Gasteiger partial charge is 0.308 e. The lowest BCUT2D eigenvalue weighted by molar-refractivity contribution is 0.0989. The average molecular weight is 261 g/mol. The van der Waals surface area contributed by atoms with Gasteiger partial charge in [-0.2, -0.15) is 0 Å². The van der Waals surface area contributed by atoms with E-state index in [2.05, 4.69) is 11.1 Å². The van der Waals surface area contributed by atoms with E-state index in [1.54, 1.807) is 24.5 Å². The van der Waals surface area contributed by atoms with Crippen molar-refractivity contribution in [2.75, 3.05) is 11.4 Å². The topological polar surface area (TPSA) is 33.2 Å². The van der Waals surface area contributed by atoms with Crippen molar-refractivity contribution in [3.05, 3.63) is 59.9 Å². The number of anilines is 1. The number of halogens is 1. The normalized spacial score (nSPS) is 12.8. The lowest BCUT2D eigenvalue weighted by Gasteiger charge is -2.17. The minimum absolute atomic E-state index is 0. The Morgan fingerprint density at radius 1 is 1.11 bits per heavy atom. The number of nitrogens with zero attached hydrogens (tertiary/aromatic N) is 2. The zero-order valence-electron chi connectivity index (χ0n) is 9.74. The van der Waals surface area contributed by atoms with Gasteiger partial charge in [0.2, 0.25) is 0 Å². The molecule has 0 saturated carbocycles. The number of pyridine rings is 1. The first-order valence-electron chi connectivity index (χ1n) is 5.66. The number of aromatic nitrogens is 1. The third kappa shape index (κ3) is 2.09. The van der Waals surface area contributed by atoms with Crippen LogP contribution < -0.4 is 4.90 Å². The Morgan fingerprint density at radius 2 is 1.83 bits per heavy atom. The second-order valence-corrected chi connectivity index (χ2v) is 4.07. The molecule has 1 aliphatic heterocycles. The van der Waals surface area contributed by atoms with Gasteiger partial charge < -0.3 is 4.90 Å². The van der Waals surface area contributed by atoms with Crippen molar-refractivity contribution < 1.29 is 4.79 Å². The van der Waals surface area contributed by atoms with Gasteiger partial charge in [-0.3, -0.25) is 9.78 Å². The van der Waals surface area contributed by atoms with Crippen LogP contribution in [-0.2, 0) is 6.42 Å². The first-order chi connectivity index (χ1) is 8.36. The molecule has 2 aromatic rings. The summed E-state index contributed by atoms with van der Waals surface area (Å²) in [5, 5.41) is 0. The van der Waals surface area contributed by atoms with Crippen LogP contribution in [0.3, 0.4) is 0 Å². The zero-order chi connectivity index (χ0) is 11.7. The fraction of sp³-hybridized carbons (Fsp3) is 0.143. The highest BCUT2D eigenvalue weighted by Gasteiger charge is 2.24. The second-order valence-electron chi connectivity index (χ2n) is 4.07. The monoisotopic (exact) mass is 260 g/mol. The number of hydrogen-bond donors (Lipinski definition) is 0. The van der Waals surface area contributed by atoms with Crippen molar-refractivity contribution in [3.63, 3.8) is 0 Å². The van der Waals surface area contributed by atoms with Crippen LogP contribution in [0.4, 0.5) is 5.69 Å². The molecule has 0 spiro atoms. The van der Waals surface area contributed by atoms with Crippen LogP contribution in [0, 0.1) is 0 Å². The van der Waals surface area contributed by atoms with Crippen molar-refractivity contribution in [2.45, 2.75) is 6.42 Å². The Morgan fingerprint density at radius 3 is 2.61 bits per heavy atom. The van der Waals surface area contributed by atoms with Crippen molar-refractivity contribution >= 4 is 24.0 Å². The molecule has 4 heteroatoms. The molecule has 0 bridgehead atoms. The minimum Gasteiger partial charge on any atom is -0.308 e. The van der Waals surface area contributed by atoms with Crippen LogP contribution in [0.25, 0.3) is 0 Å². The molecular formula is C14H13ClN2O. The molecule has 0 saturated heterocycles. The summed E-state index contributed by atoms with van der Waals surface area (Å²) in [4.78, 5) is 18.1. The molecule has 0 aliphatic carbocycles. The molecule has 0 radical (unpaired) electrons. The first-order valence-corrected chi connectivity index (χ1v) is 5.66. The highest BCUT2D eigenvalue weighted by atomic mass is 35.5. The number of carbonyl (C=O) groups is 1. The van der Waals surface area contributed by atoms with Crippen LogP contribution in [0.15, 0.2) is 48.8 Å². The van der Waals surface area contributed by atoms with Gasteiger partial charge in [-0.15, -0.1) is 12.4 Å². The Hall–Kier alpha value is -1.87. The minimum atomic E-state index is 0. The molecule has 0 N–H and O–H groups in total.